The Morgan fingerprint density at radius 3 is 2.47 bits per heavy atom. The first-order valence-electron chi connectivity index (χ1n) is 9.56. The fourth-order valence-corrected chi connectivity index (χ4v) is 4.09. The standard InChI is InChI=1S/C23H28F3N3S/c1-6-22(3,4)19-13-29(14-19)20(15(2)28)11-18(12-27)16-8-7-9-17(10-16)21(30-5)23(24,25)26/h1,7-12,19,21,28H,13-14,27H2,2-5H3/b18-12+,20-11+,28-15?. The predicted octanol–water partition coefficient (Wildman–Crippen LogP) is 5.47. The van der Waals surface area contributed by atoms with Gasteiger partial charge in [-0.15, -0.1) is 24.1 Å². The summed E-state index contributed by atoms with van der Waals surface area (Å²) < 4.78 is 40.0. The van der Waals surface area contributed by atoms with Gasteiger partial charge in [0.05, 0.1) is 11.4 Å². The Labute approximate surface area is 181 Å². The Balaban J connectivity index is 2.33. The molecule has 1 fully saturated rings. The Kier molecular flexibility index (Phi) is 7.36. The minimum Gasteiger partial charge on any atom is -0.404 e. The number of nitrogens with two attached hydrogens (primary N) is 1. The molecule has 3 N–H and O–H groups in total. The first-order chi connectivity index (χ1) is 13.9. The average molecular weight is 436 g/mol. The van der Waals surface area contributed by atoms with Gasteiger partial charge in [-0.3, -0.25) is 0 Å². The van der Waals surface area contributed by atoms with E-state index in [1.807, 2.05) is 13.8 Å². The molecule has 1 aliphatic rings. The molecule has 1 aromatic carbocycles. The average Bonchev–Trinajstić information content (AvgIpc) is 2.62. The smallest absolute Gasteiger partial charge is 0.404 e. The molecule has 0 aliphatic carbocycles. The number of thioether (sulfide) groups is 1. The molecule has 0 radical (unpaired) electrons. The van der Waals surface area contributed by atoms with Crippen molar-refractivity contribution in [2.24, 2.45) is 17.1 Å². The summed E-state index contributed by atoms with van der Waals surface area (Å²) in [6.45, 7) is 7.17. The van der Waals surface area contributed by atoms with E-state index in [9.17, 15) is 13.2 Å². The van der Waals surface area contributed by atoms with Gasteiger partial charge in [0, 0.05) is 30.6 Å². The van der Waals surface area contributed by atoms with Gasteiger partial charge in [0.2, 0.25) is 0 Å². The van der Waals surface area contributed by atoms with E-state index in [1.165, 1.54) is 24.6 Å². The van der Waals surface area contributed by atoms with Crippen LogP contribution in [-0.2, 0) is 0 Å². The fraction of sp³-hybridized carbons (Fsp3) is 0.435. The normalized spacial score (nSPS) is 17.3. The fourth-order valence-electron chi connectivity index (χ4n) is 3.40. The van der Waals surface area contributed by atoms with E-state index in [2.05, 4.69) is 10.8 Å². The second kappa shape index (κ2) is 9.22. The quantitative estimate of drug-likeness (QED) is 0.339. The largest absolute Gasteiger partial charge is 0.404 e. The van der Waals surface area contributed by atoms with Crippen LogP contribution in [0.25, 0.3) is 5.57 Å². The van der Waals surface area contributed by atoms with Crippen LogP contribution in [0.3, 0.4) is 0 Å². The Bertz CT molecular complexity index is 888. The lowest BCUT2D eigenvalue weighted by atomic mass is 9.74. The zero-order chi connectivity index (χ0) is 22.7. The van der Waals surface area contributed by atoms with Crippen molar-refractivity contribution >= 4 is 23.0 Å². The minimum absolute atomic E-state index is 0.174. The van der Waals surface area contributed by atoms with Gasteiger partial charge in [-0.1, -0.05) is 18.2 Å². The van der Waals surface area contributed by atoms with Gasteiger partial charge in [0.15, 0.2) is 0 Å². The zero-order valence-electron chi connectivity index (χ0n) is 17.7. The topological polar surface area (TPSA) is 53.1 Å². The van der Waals surface area contributed by atoms with E-state index in [4.69, 9.17) is 17.6 Å². The molecule has 1 aliphatic heterocycles. The molecule has 1 saturated heterocycles. The zero-order valence-corrected chi connectivity index (χ0v) is 18.5. The predicted molar refractivity (Wildman–Crippen MR) is 120 cm³/mol. The maximum absolute atomic E-state index is 13.3. The van der Waals surface area contributed by atoms with E-state index in [1.54, 1.807) is 25.1 Å². The number of nitrogens with one attached hydrogen (secondary N) is 1. The third-order valence-corrected chi connectivity index (χ3v) is 6.54. The van der Waals surface area contributed by atoms with Crippen LogP contribution >= 0.6 is 11.8 Å². The number of hydrogen-bond acceptors (Lipinski definition) is 4. The lowest BCUT2D eigenvalue weighted by Crippen LogP contribution is -2.52. The molecule has 7 heteroatoms. The first kappa shape index (κ1) is 23.9. The van der Waals surface area contributed by atoms with Crippen molar-refractivity contribution in [1.29, 1.82) is 5.41 Å². The first-order valence-corrected chi connectivity index (χ1v) is 10.8. The van der Waals surface area contributed by atoms with E-state index >= 15 is 0 Å². The van der Waals surface area contributed by atoms with E-state index < -0.39 is 11.4 Å². The minimum atomic E-state index is -4.34. The number of allylic oxidation sites excluding steroid dienone is 3. The summed E-state index contributed by atoms with van der Waals surface area (Å²) >= 11 is 0.749. The third kappa shape index (κ3) is 5.23. The molecule has 0 bridgehead atoms. The molecular weight excluding hydrogens is 407 g/mol. The highest BCUT2D eigenvalue weighted by Crippen LogP contribution is 2.42. The molecule has 162 valence electrons. The highest BCUT2D eigenvalue weighted by atomic mass is 32.2. The van der Waals surface area contributed by atoms with Crippen molar-refractivity contribution in [1.82, 2.24) is 4.90 Å². The number of benzene rings is 1. The number of hydrogen-bond donors (Lipinski definition) is 2. The van der Waals surface area contributed by atoms with Gasteiger partial charge < -0.3 is 16.0 Å². The highest BCUT2D eigenvalue weighted by Gasteiger charge is 2.40. The number of nitrogens with zero attached hydrogens (tertiary/aromatic N) is 1. The van der Waals surface area contributed by atoms with Gasteiger partial charge in [-0.25, -0.2) is 0 Å². The molecule has 30 heavy (non-hydrogen) atoms. The van der Waals surface area contributed by atoms with Gasteiger partial charge >= 0.3 is 6.18 Å². The van der Waals surface area contributed by atoms with Crippen LogP contribution in [-0.4, -0.2) is 36.1 Å². The van der Waals surface area contributed by atoms with Crippen LogP contribution in [0.1, 0.15) is 37.1 Å². The molecule has 0 saturated carbocycles. The summed E-state index contributed by atoms with van der Waals surface area (Å²) in [6.07, 6.45) is 5.86. The molecule has 0 amide bonds. The molecule has 1 heterocycles. The van der Waals surface area contributed by atoms with Crippen molar-refractivity contribution in [2.45, 2.75) is 32.2 Å². The molecular formula is C23H28F3N3S. The molecule has 2 rings (SSSR count). The SMILES string of the molecule is C#CC(C)(C)C1CN(/C(=C/C(=C\N)c2cccc(C(SC)C(F)(F)F)c2)C(C)=N)C1. The van der Waals surface area contributed by atoms with Crippen LogP contribution in [0.15, 0.2) is 42.2 Å². The number of alkyl halides is 3. The van der Waals surface area contributed by atoms with Crippen molar-refractivity contribution in [2.75, 3.05) is 19.3 Å². The summed E-state index contributed by atoms with van der Waals surface area (Å²) in [5, 5.41) is 6.56. The summed E-state index contributed by atoms with van der Waals surface area (Å²) in [5.41, 5.74) is 7.97. The summed E-state index contributed by atoms with van der Waals surface area (Å²) in [6, 6.07) is 6.31. The summed E-state index contributed by atoms with van der Waals surface area (Å²) in [4.78, 5) is 2.06. The van der Waals surface area contributed by atoms with Gasteiger partial charge in [0.1, 0.15) is 5.25 Å². The number of rotatable bonds is 7. The van der Waals surface area contributed by atoms with Crippen molar-refractivity contribution in [3.05, 3.63) is 53.4 Å². The molecule has 3 nitrogen and oxygen atoms in total. The van der Waals surface area contributed by atoms with E-state index in [-0.39, 0.29) is 11.0 Å². The lowest BCUT2D eigenvalue weighted by molar-refractivity contribution is -0.129. The van der Waals surface area contributed by atoms with Crippen LogP contribution in [0.2, 0.25) is 0 Å². The molecule has 1 aromatic rings. The number of terminal acetylenes is 1. The number of likely N-dealkylation sites (tertiary alicyclic amines) is 1. The van der Waals surface area contributed by atoms with Gasteiger partial charge in [-0.2, -0.15) is 13.2 Å². The maximum atomic E-state index is 13.3. The second-order valence-electron chi connectivity index (χ2n) is 8.03. The van der Waals surface area contributed by atoms with Crippen LogP contribution in [0, 0.1) is 29.1 Å². The van der Waals surface area contributed by atoms with Crippen molar-refractivity contribution in [3.8, 4) is 12.3 Å². The Morgan fingerprint density at radius 2 is 2.00 bits per heavy atom. The maximum Gasteiger partial charge on any atom is 0.404 e. The lowest BCUT2D eigenvalue weighted by Gasteiger charge is -2.47. The Morgan fingerprint density at radius 1 is 1.37 bits per heavy atom. The van der Waals surface area contributed by atoms with E-state index in [0.717, 1.165) is 24.9 Å². The number of halogens is 3. The van der Waals surface area contributed by atoms with Crippen molar-refractivity contribution in [3.63, 3.8) is 0 Å². The third-order valence-electron chi connectivity index (χ3n) is 5.53. The van der Waals surface area contributed by atoms with Gasteiger partial charge in [0.25, 0.3) is 0 Å². The van der Waals surface area contributed by atoms with Crippen molar-refractivity contribution < 1.29 is 13.2 Å². The van der Waals surface area contributed by atoms with Crippen LogP contribution < -0.4 is 5.73 Å². The second-order valence-corrected chi connectivity index (χ2v) is 8.97. The highest BCUT2D eigenvalue weighted by molar-refractivity contribution is 7.98. The molecule has 0 aromatic heterocycles. The molecule has 1 unspecified atom stereocenters. The molecule has 1 atom stereocenters. The summed E-state index contributed by atoms with van der Waals surface area (Å²) in [7, 11) is 0. The monoisotopic (exact) mass is 435 g/mol. The molecule has 0 spiro atoms. The summed E-state index contributed by atoms with van der Waals surface area (Å²) in [5.74, 6) is 3.13. The van der Waals surface area contributed by atoms with Crippen LogP contribution in [0.5, 0.6) is 0 Å². The van der Waals surface area contributed by atoms with E-state index in [0.29, 0.717) is 28.5 Å². The van der Waals surface area contributed by atoms with Crippen LogP contribution in [0.4, 0.5) is 13.2 Å². The Hall–Kier alpha value is -2.33. The van der Waals surface area contributed by atoms with Gasteiger partial charge in [-0.05, 0) is 55.9 Å².